The number of aryl methyl sites for hydroxylation is 3. The quantitative estimate of drug-likeness (QED) is 0.0916. The van der Waals surface area contributed by atoms with Crippen molar-refractivity contribution in [3.63, 3.8) is 0 Å². The lowest BCUT2D eigenvalue weighted by Gasteiger charge is -2.37. The van der Waals surface area contributed by atoms with E-state index in [4.69, 9.17) is 15.2 Å². The van der Waals surface area contributed by atoms with Crippen molar-refractivity contribution in [3.05, 3.63) is 204 Å². The van der Waals surface area contributed by atoms with Gasteiger partial charge >= 0.3 is 0 Å². The number of hydrogen-bond donors (Lipinski definition) is 1. The van der Waals surface area contributed by atoms with Gasteiger partial charge < -0.3 is 14.1 Å². The highest BCUT2D eigenvalue weighted by Crippen LogP contribution is 2.41. The highest BCUT2D eigenvalue weighted by Gasteiger charge is 2.38. The molecule has 252 valence electrons. The van der Waals surface area contributed by atoms with Crippen LogP contribution in [0, 0.1) is 0 Å². The van der Waals surface area contributed by atoms with Crippen LogP contribution in [0.1, 0.15) is 45.8 Å². The molecular formula is C44H40N6S. The molecule has 0 saturated heterocycles. The standard InChI is InChI=1S/C44H40N6S/c1-5-16-34(17-6-1)32-51-43-48-47-42(28-27-35-30-45-41-26-14-13-25-40(35)41)50(43)29-15-24-39-31-49(33-46-39)44(36-18-7-2-8-19-36,37-20-9-3-10-21-37)38-22-11-4-12-23-38/h1-14,16-23,25-26,30-31,33,45H,15,24,27-29,32H2. The van der Waals surface area contributed by atoms with Crippen LogP contribution in [0.3, 0.4) is 0 Å². The summed E-state index contributed by atoms with van der Waals surface area (Å²) in [7, 11) is 0. The summed E-state index contributed by atoms with van der Waals surface area (Å²) in [4.78, 5) is 8.43. The van der Waals surface area contributed by atoms with E-state index in [1.165, 1.54) is 38.7 Å². The van der Waals surface area contributed by atoms with E-state index in [1.807, 2.05) is 6.33 Å². The molecule has 3 aromatic heterocycles. The molecule has 0 amide bonds. The Morgan fingerprint density at radius 2 is 1.24 bits per heavy atom. The van der Waals surface area contributed by atoms with E-state index in [0.717, 1.165) is 54.7 Å². The smallest absolute Gasteiger partial charge is 0.191 e. The minimum Gasteiger partial charge on any atom is -0.361 e. The average Bonchev–Trinajstić information content (AvgIpc) is 3.94. The van der Waals surface area contributed by atoms with E-state index < -0.39 is 5.54 Å². The van der Waals surface area contributed by atoms with Crippen LogP contribution in [0.15, 0.2) is 169 Å². The highest BCUT2D eigenvalue weighted by molar-refractivity contribution is 7.98. The summed E-state index contributed by atoms with van der Waals surface area (Å²) in [5, 5.41) is 11.7. The third-order valence-electron chi connectivity index (χ3n) is 9.71. The van der Waals surface area contributed by atoms with Crippen molar-refractivity contribution in [2.24, 2.45) is 0 Å². The van der Waals surface area contributed by atoms with Crippen LogP contribution in [-0.2, 0) is 37.1 Å². The molecule has 0 aliphatic rings. The van der Waals surface area contributed by atoms with Crippen molar-refractivity contribution in [3.8, 4) is 0 Å². The fourth-order valence-electron chi connectivity index (χ4n) is 7.22. The van der Waals surface area contributed by atoms with Crippen LogP contribution in [0.4, 0.5) is 0 Å². The maximum absolute atomic E-state index is 5.01. The number of aromatic nitrogens is 6. The van der Waals surface area contributed by atoms with E-state index in [2.05, 4.69) is 172 Å². The second-order valence-corrected chi connectivity index (χ2v) is 13.8. The summed E-state index contributed by atoms with van der Waals surface area (Å²) in [6.45, 7) is 0.821. The van der Waals surface area contributed by atoms with Gasteiger partial charge in [0, 0.05) is 42.0 Å². The van der Waals surface area contributed by atoms with Crippen molar-refractivity contribution in [2.45, 2.75) is 48.7 Å². The van der Waals surface area contributed by atoms with Gasteiger partial charge in [-0.25, -0.2) is 4.98 Å². The number of para-hydroxylation sites is 1. The highest BCUT2D eigenvalue weighted by atomic mass is 32.2. The largest absolute Gasteiger partial charge is 0.361 e. The molecule has 8 aromatic rings. The Hall–Kier alpha value is -5.66. The Balaban J connectivity index is 1.06. The van der Waals surface area contributed by atoms with Crippen LogP contribution in [0.25, 0.3) is 10.9 Å². The molecule has 0 aliphatic heterocycles. The number of thioether (sulfide) groups is 1. The van der Waals surface area contributed by atoms with Crippen molar-refractivity contribution < 1.29 is 0 Å². The van der Waals surface area contributed by atoms with E-state index in [0.29, 0.717) is 0 Å². The monoisotopic (exact) mass is 684 g/mol. The van der Waals surface area contributed by atoms with Gasteiger partial charge in [0.1, 0.15) is 11.4 Å². The Morgan fingerprint density at radius 1 is 0.627 bits per heavy atom. The molecule has 0 aliphatic carbocycles. The normalized spacial score (nSPS) is 11.7. The van der Waals surface area contributed by atoms with Gasteiger partial charge in [0.2, 0.25) is 0 Å². The zero-order valence-corrected chi connectivity index (χ0v) is 29.3. The summed E-state index contributed by atoms with van der Waals surface area (Å²) in [5.74, 6) is 1.88. The molecule has 51 heavy (non-hydrogen) atoms. The first-order valence-electron chi connectivity index (χ1n) is 17.6. The Bertz CT molecular complexity index is 2200. The number of imidazole rings is 1. The number of fused-ring (bicyclic) bond motifs is 1. The van der Waals surface area contributed by atoms with Crippen LogP contribution < -0.4 is 0 Å². The number of rotatable bonds is 14. The van der Waals surface area contributed by atoms with Gasteiger partial charge in [0.05, 0.1) is 12.0 Å². The summed E-state index contributed by atoms with van der Waals surface area (Å²) in [6.07, 6.45) is 9.86. The molecule has 0 spiro atoms. The Kier molecular flexibility index (Phi) is 9.62. The number of nitrogens with zero attached hydrogens (tertiary/aromatic N) is 5. The van der Waals surface area contributed by atoms with E-state index in [9.17, 15) is 0 Å². The Labute approximate surface area is 303 Å². The maximum Gasteiger partial charge on any atom is 0.191 e. The Morgan fingerprint density at radius 3 is 1.90 bits per heavy atom. The van der Waals surface area contributed by atoms with Crippen molar-refractivity contribution in [2.75, 3.05) is 0 Å². The number of hydrogen-bond acceptors (Lipinski definition) is 4. The summed E-state index contributed by atoms with van der Waals surface area (Å²) in [6, 6.07) is 51.4. The van der Waals surface area contributed by atoms with Crippen molar-refractivity contribution in [1.82, 2.24) is 29.3 Å². The predicted molar refractivity (Wildman–Crippen MR) is 207 cm³/mol. The fraction of sp³-hybridized carbons (Fsp3) is 0.159. The number of benzene rings is 5. The van der Waals surface area contributed by atoms with E-state index in [1.54, 1.807) is 11.8 Å². The molecule has 1 N–H and O–H groups in total. The van der Waals surface area contributed by atoms with Crippen LogP contribution in [-0.4, -0.2) is 29.3 Å². The maximum atomic E-state index is 5.01. The minimum atomic E-state index is -0.569. The lowest BCUT2D eigenvalue weighted by molar-refractivity contribution is 0.513. The topological polar surface area (TPSA) is 64.3 Å². The molecule has 0 saturated carbocycles. The molecule has 0 atom stereocenters. The number of nitrogens with one attached hydrogen (secondary N) is 1. The first-order valence-corrected chi connectivity index (χ1v) is 18.6. The van der Waals surface area contributed by atoms with Gasteiger partial charge in [0.15, 0.2) is 5.16 Å². The summed E-state index contributed by atoms with van der Waals surface area (Å²) < 4.78 is 4.64. The second kappa shape index (κ2) is 15.1. The zero-order valence-electron chi connectivity index (χ0n) is 28.5. The van der Waals surface area contributed by atoms with Gasteiger partial charge in [-0.1, -0.05) is 151 Å². The van der Waals surface area contributed by atoms with Crippen molar-refractivity contribution in [1.29, 1.82) is 0 Å². The molecule has 0 bridgehead atoms. The molecular weight excluding hydrogens is 645 g/mol. The second-order valence-electron chi connectivity index (χ2n) is 12.9. The van der Waals surface area contributed by atoms with Crippen LogP contribution in [0.2, 0.25) is 0 Å². The molecule has 6 nitrogen and oxygen atoms in total. The van der Waals surface area contributed by atoms with Crippen molar-refractivity contribution >= 4 is 22.7 Å². The van der Waals surface area contributed by atoms with Crippen LogP contribution >= 0.6 is 11.8 Å². The number of aromatic amines is 1. The molecule has 3 heterocycles. The average molecular weight is 685 g/mol. The molecule has 5 aromatic carbocycles. The van der Waals surface area contributed by atoms with Gasteiger partial charge in [-0.2, -0.15) is 0 Å². The first kappa shape index (κ1) is 32.5. The van der Waals surface area contributed by atoms with E-state index in [-0.39, 0.29) is 0 Å². The molecule has 8 rings (SSSR count). The van der Waals surface area contributed by atoms with Gasteiger partial charge in [0.25, 0.3) is 0 Å². The zero-order chi connectivity index (χ0) is 34.3. The summed E-state index contributed by atoms with van der Waals surface area (Å²) in [5.41, 5.74) is 7.82. The molecule has 7 heteroatoms. The van der Waals surface area contributed by atoms with Gasteiger partial charge in [-0.05, 0) is 53.1 Å². The van der Waals surface area contributed by atoms with Gasteiger partial charge in [-0.3, -0.25) is 0 Å². The first-order chi connectivity index (χ1) is 25.3. The summed E-state index contributed by atoms with van der Waals surface area (Å²) >= 11 is 1.76. The molecule has 0 radical (unpaired) electrons. The van der Waals surface area contributed by atoms with Gasteiger partial charge in [-0.15, -0.1) is 10.2 Å². The minimum absolute atomic E-state index is 0.569. The lowest BCUT2D eigenvalue weighted by Crippen LogP contribution is -2.36. The predicted octanol–water partition coefficient (Wildman–Crippen LogP) is 9.51. The third-order valence-corrected chi connectivity index (χ3v) is 10.7. The SMILES string of the molecule is c1ccc(CSc2nnc(CCc3c[nH]c4ccccc34)n2CCCc2cn(C(c3ccccc3)(c3ccccc3)c3ccccc3)cn2)cc1. The number of H-pyrrole nitrogens is 1. The third kappa shape index (κ3) is 6.77. The lowest BCUT2D eigenvalue weighted by atomic mass is 9.77. The fourth-order valence-corrected chi connectivity index (χ4v) is 8.16. The van der Waals surface area contributed by atoms with E-state index >= 15 is 0 Å². The van der Waals surface area contributed by atoms with Crippen LogP contribution in [0.5, 0.6) is 0 Å². The molecule has 0 unspecified atom stereocenters. The molecule has 0 fully saturated rings.